The molecule has 1 aromatic rings. The number of likely N-dealkylation sites (N-methyl/N-ethyl adjacent to an activating group) is 1. The zero-order chi connectivity index (χ0) is 21.7. The summed E-state index contributed by atoms with van der Waals surface area (Å²) in [6, 6.07) is 5.55. The third-order valence-electron chi connectivity index (χ3n) is 5.33. The number of hydrogen-bond acceptors (Lipinski definition) is 5. The van der Waals surface area contributed by atoms with Crippen molar-refractivity contribution in [3.63, 3.8) is 0 Å². The van der Waals surface area contributed by atoms with Crippen LogP contribution in [-0.2, 0) is 19.2 Å². The summed E-state index contributed by atoms with van der Waals surface area (Å²) in [5, 5.41) is 2.71. The molecule has 4 amide bonds. The SMILES string of the molecule is CCN1CCN(CC(=O)N2CCN(CC(=O)Nc3ccc(F)cc3)CC2)C(=O)C1=O. The summed E-state index contributed by atoms with van der Waals surface area (Å²) in [6.45, 7) is 5.09. The van der Waals surface area contributed by atoms with E-state index in [0.717, 1.165) is 0 Å². The van der Waals surface area contributed by atoms with Crippen molar-refractivity contribution in [2.75, 3.05) is 64.2 Å². The number of halogens is 1. The van der Waals surface area contributed by atoms with Crippen LogP contribution in [0.3, 0.4) is 0 Å². The Kier molecular flexibility index (Phi) is 6.99. The minimum absolute atomic E-state index is 0.104. The number of amides is 4. The minimum Gasteiger partial charge on any atom is -0.339 e. The van der Waals surface area contributed by atoms with Gasteiger partial charge in [0, 0.05) is 51.5 Å². The molecule has 9 nitrogen and oxygen atoms in total. The van der Waals surface area contributed by atoms with Crippen LogP contribution in [0.2, 0.25) is 0 Å². The molecule has 3 rings (SSSR count). The van der Waals surface area contributed by atoms with Gasteiger partial charge in [0.15, 0.2) is 0 Å². The molecule has 1 aromatic carbocycles. The van der Waals surface area contributed by atoms with Gasteiger partial charge < -0.3 is 20.0 Å². The smallest absolute Gasteiger partial charge is 0.312 e. The number of carbonyl (C=O) groups is 4. The maximum atomic E-state index is 12.9. The minimum atomic E-state index is -0.632. The number of benzene rings is 1. The first-order valence-electron chi connectivity index (χ1n) is 10.0. The van der Waals surface area contributed by atoms with Crippen molar-refractivity contribution in [1.29, 1.82) is 0 Å². The van der Waals surface area contributed by atoms with E-state index >= 15 is 0 Å². The van der Waals surface area contributed by atoms with Crippen molar-refractivity contribution in [3.8, 4) is 0 Å². The molecular weight excluding hydrogens is 393 g/mol. The van der Waals surface area contributed by atoms with Crippen LogP contribution in [0.5, 0.6) is 0 Å². The van der Waals surface area contributed by atoms with Gasteiger partial charge in [-0.25, -0.2) is 4.39 Å². The highest BCUT2D eigenvalue weighted by Gasteiger charge is 2.34. The summed E-state index contributed by atoms with van der Waals surface area (Å²) < 4.78 is 12.9. The third kappa shape index (κ3) is 5.32. The Hall–Kier alpha value is -3.01. The lowest BCUT2D eigenvalue weighted by atomic mass is 10.2. The zero-order valence-corrected chi connectivity index (χ0v) is 17.0. The summed E-state index contributed by atoms with van der Waals surface area (Å²) in [5.41, 5.74) is 0.526. The molecule has 162 valence electrons. The second-order valence-corrected chi connectivity index (χ2v) is 7.32. The fourth-order valence-corrected chi connectivity index (χ4v) is 3.52. The molecule has 2 aliphatic heterocycles. The van der Waals surface area contributed by atoms with Crippen molar-refractivity contribution in [3.05, 3.63) is 30.1 Å². The first-order chi connectivity index (χ1) is 14.4. The molecule has 0 unspecified atom stereocenters. The predicted octanol–water partition coefficient (Wildman–Crippen LogP) is -0.401. The van der Waals surface area contributed by atoms with E-state index in [1.54, 1.807) is 4.90 Å². The van der Waals surface area contributed by atoms with Gasteiger partial charge in [0.25, 0.3) is 0 Å². The van der Waals surface area contributed by atoms with Gasteiger partial charge in [-0.1, -0.05) is 0 Å². The lowest BCUT2D eigenvalue weighted by Crippen LogP contribution is -2.58. The van der Waals surface area contributed by atoms with Gasteiger partial charge in [0.05, 0.1) is 6.54 Å². The standard InChI is InChI=1S/C20H26FN5O4/c1-2-24-11-12-26(20(30)19(24)29)14-18(28)25-9-7-23(8-10-25)13-17(27)22-16-5-3-15(21)4-6-16/h3-6H,2,7-14H2,1H3,(H,22,27). The van der Waals surface area contributed by atoms with Crippen LogP contribution in [0.15, 0.2) is 24.3 Å². The summed E-state index contributed by atoms with van der Waals surface area (Å²) in [4.78, 5) is 55.2. The van der Waals surface area contributed by atoms with E-state index in [1.165, 1.54) is 34.1 Å². The molecule has 2 aliphatic rings. The second kappa shape index (κ2) is 9.66. The molecule has 10 heteroatoms. The molecule has 0 spiro atoms. The molecule has 0 atom stereocenters. The number of piperazine rings is 2. The van der Waals surface area contributed by atoms with E-state index < -0.39 is 11.8 Å². The topological polar surface area (TPSA) is 93.3 Å². The lowest BCUT2D eigenvalue weighted by molar-refractivity contribution is -0.157. The van der Waals surface area contributed by atoms with Crippen LogP contribution < -0.4 is 5.32 Å². The fraction of sp³-hybridized carbons (Fsp3) is 0.500. The Balaban J connectivity index is 1.42. The van der Waals surface area contributed by atoms with Crippen molar-refractivity contribution in [2.24, 2.45) is 0 Å². The van der Waals surface area contributed by atoms with Gasteiger partial charge in [-0.05, 0) is 31.2 Å². The van der Waals surface area contributed by atoms with Crippen LogP contribution >= 0.6 is 0 Å². The Morgan fingerprint density at radius 2 is 1.50 bits per heavy atom. The lowest BCUT2D eigenvalue weighted by Gasteiger charge is -2.37. The highest BCUT2D eigenvalue weighted by molar-refractivity contribution is 6.35. The van der Waals surface area contributed by atoms with Crippen molar-refractivity contribution in [2.45, 2.75) is 6.92 Å². The van der Waals surface area contributed by atoms with Gasteiger partial charge in [-0.15, -0.1) is 0 Å². The maximum Gasteiger partial charge on any atom is 0.312 e. The molecule has 2 saturated heterocycles. The predicted molar refractivity (Wildman–Crippen MR) is 107 cm³/mol. The maximum absolute atomic E-state index is 12.9. The highest BCUT2D eigenvalue weighted by atomic mass is 19.1. The highest BCUT2D eigenvalue weighted by Crippen LogP contribution is 2.10. The Bertz CT molecular complexity index is 808. The average Bonchev–Trinajstić information content (AvgIpc) is 2.73. The molecular formula is C20H26FN5O4. The largest absolute Gasteiger partial charge is 0.339 e. The molecule has 0 aliphatic carbocycles. The number of carbonyl (C=O) groups excluding carboxylic acids is 4. The van der Waals surface area contributed by atoms with Crippen LogP contribution in [0.1, 0.15) is 6.92 Å². The van der Waals surface area contributed by atoms with Gasteiger partial charge in [0.2, 0.25) is 11.8 Å². The molecule has 0 saturated carbocycles. The molecule has 0 aromatic heterocycles. The van der Waals surface area contributed by atoms with Crippen molar-refractivity contribution < 1.29 is 23.6 Å². The first kappa shape index (κ1) is 21.7. The van der Waals surface area contributed by atoms with E-state index in [1.807, 2.05) is 11.8 Å². The number of hydrogen-bond donors (Lipinski definition) is 1. The van der Waals surface area contributed by atoms with E-state index in [4.69, 9.17) is 0 Å². The normalized spacial score (nSPS) is 18.0. The summed E-state index contributed by atoms with van der Waals surface area (Å²) in [6.07, 6.45) is 0. The van der Waals surface area contributed by atoms with Gasteiger partial charge in [0.1, 0.15) is 12.4 Å². The van der Waals surface area contributed by atoms with Crippen molar-refractivity contribution >= 4 is 29.3 Å². The monoisotopic (exact) mass is 419 g/mol. The van der Waals surface area contributed by atoms with Crippen LogP contribution in [0, 0.1) is 5.82 Å². The molecule has 30 heavy (non-hydrogen) atoms. The van der Waals surface area contributed by atoms with Crippen LogP contribution in [0.25, 0.3) is 0 Å². The summed E-state index contributed by atoms with van der Waals surface area (Å²) in [5.74, 6) is -1.97. The Morgan fingerprint density at radius 3 is 2.13 bits per heavy atom. The number of anilines is 1. The first-order valence-corrected chi connectivity index (χ1v) is 10.0. The summed E-state index contributed by atoms with van der Waals surface area (Å²) in [7, 11) is 0. The summed E-state index contributed by atoms with van der Waals surface area (Å²) >= 11 is 0. The number of nitrogens with zero attached hydrogens (tertiary/aromatic N) is 4. The van der Waals surface area contributed by atoms with E-state index in [0.29, 0.717) is 51.5 Å². The van der Waals surface area contributed by atoms with Crippen LogP contribution in [-0.4, -0.2) is 102 Å². The van der Waals surface area contributed by atoms with E-state index in [-0.39, 0.29) is 30.7 Å². The molecule has 2 fully saturated rings. The van der Waals surface area contributed by atoms with Crippen molar-refractivity contribution in [1.82, 2.24) is 19.6 Å². The third-order valence-corrected chi connectivity index (χ3v) is 5.33. The zero-order valence-electron chi connectivity index (χ0n) is 17.0. The van der Waals surface area contributed by atoms with E-state index in [2.05, 4.69) is 5.32 Å². The Labute approximate surface area is 174 Å². The molecule has 1 N–H and O–H groups in total. The average molecular weight is 419 g/mol. The fourth-order valence-electron chi connectivity index (χ4n) is 3.52. The van der Waals surface area contributed by atoms with E-state index in [9.17, 15) is 23.6 Å². The number of nitrogens with one attached hydrogen (secondary N) is 1. The quantitative estimate of drug-likeness (QED) is 0.634. The Morgan fingerprint density at radius 1 is 0.900 bits per heavy atom. The van der Waals surface area contributed by atoms with Gasteiger partial charge in [-0.2, -0.15) is 0 Å². The molecule has 2 heterocycles. The number of rotatable bonds is 6. The second-order valence-electron chi connectivity index (χ2n) is 7.32. The molecule has 0 radical (unpaired) electrons. The molecule has 0 bridgehead atoms. The van der Waals surface area contributed by atoms with Gasteiger partial charge in [-0.3, -0.25) is 24.1 Å². The van der Waals surface area contributed by atoms with Gasteiger partial charge >= 0.3 is 11.8 Å². The van der Waals surface area contributed by atoms with Crippen LogP contribution in [0.4, 0.5) is 10.1 Å².